The summed E-state index contributed by atoms with van der Waals surface area (Å²) in [6.45, 7) is 3.23. The second kappa shape index (κ2) is 9.48. The molecule has 0 atom stereocenters. The largest absolute Gasteiger partial charge is 0.497 e. The van der Waals surface area contributed by atoms with E-state index in [0.717, 1.165) is 37.6 Å². The average Bonchev–Trinajstić information content (AvgIpc) is 2.70. The number of nitrogens with one attached hydrogen (secondary N) is 2. The van der Waals surface area contributed by atoms with Crippen LogP contribution in [0.4, 0.5) is 15.8 Å². The Morgan fingerprint density at radius 2 is 1.79 bits per heavy atom. The van der Waals surface area contributed by atoms with Crippen LogP contribution >= 0.6 is 12.2 Å². The van der Waals surface area contributed by atoms with Gasteiger partial charge in [-0.05, 0) is 48.6 Å². The zero-order valence-corrected chi connectivity index (χ0v) is 16.5. The molecule has 0 radical (unpaired) electrons. The predicted molar refractivity (Wildman–Crippen MR) is 112 cm³/mol. The van der Waals surface area contributed by atoms with Crippen LogP contribution in [0.5, 0.6) is 5.75 Å². The number of amides is 1. The molecule has 0 spiro atoms. The molecule has 2 aromatic carbocycles. The lowest BCUT2D eigenvalue weighted by Gasteiger charge is -2.35. The molecule has 0 unspecified atom stereocenters. The van der Waals surface area contributed by atoms with Crippen molar-refractivity contribution in [1.82, 2.24) is 9.80 Å². The van der Waals surface area contributed by atoms with Gasteiger partial charge >= 0.3 is 0 Å². The Morgan fingerprint density at radius 1 is 1.07 bits per heavy atom. The van der Waals surface area contributed by atoms with E-state index in [0.29, 0.717) is 17.3 Å². The molecule has 2 N–H and O–H groups in total. The highest BCUT2D eigenvalue weighted by molar-refractivity contribution is 7.80. The van der Waals surface area contributed by atoms with Crippen molar-refractivity contribution in [2.75, 3.05) is 50.5 Å². The maximum Gasteiger partial charge on any atom is 0.238 e. The summed E-state index contributed by atoms with van der Waals surface area (Å²) in [4.78, 5) is 16.3. The van der Waals surface area contributed by atoms with Gasteiger partial charge in [0.2, 0.25) is 5.91 Å². The first-order chi connectivity index (χ1) is 13.5. The van der Waals surface area contributed by atoms with Gasteiger partial charge in [0.15, 0.2) is 5.11 Å². The fourth-order valence-electron chi connectivity index (χ4n) is 2.95. The molecule has 2 aromatic rings. The molecule has 1 heterocycles. The van der Waals surface area contributed by atoms with Crippen LogP contribution in [-0.2, 0) is 4.79 Å². The zero-order valence-electron chi connectivity index (χ0n) is 15.7. The molecule has 0 saturated carbocycles. The van der Waals surface area contributed by atoms with Crippen molar-refractivity contribution in [3.63, 3.8) is 0 Å². The zero-order chi connectivity index (χ0) is 19.9. The molecule has 148 valence electrons. The molecule has 1 fully saturated rings. The highest BCUT2D eigenvalue weighted by atomic mass is 32.1. The monoisotopic (exact) mass is 402 g/mol. The quantitative estimate of drug-likeness (QED) is 0.750. The number of thiocarbonyl (C=S) groups is 1. The summed E-state index contributed by atoms with van der Waals surface area (Å²) in [5.41, 5.74) is 1.47. The summed E-state index contributed by atoms with van der Waals surface area (Å²) in [6.07, 6.45) is 0. The lowest BCUT2D eigenvalue weighted by Crippen LogP contribution is -2.51. The minimum Gasteiger partial charge on any atom is -0.497 e. The van der Waals surface area contributed by atoms with Gasteiger partial charge in [0, 0.05) is 43.6 Å². The molecule has 1 saturated heterocycles. The van der Waals surface area contributed by atoms with E-state index < -0.39 is 0 Å². The lowest BCUT2D eigenvalue weighted by atomic mass is 10.3. The third-order valence-corrected chi connectivity index (χ3v) is 4.84. The summed E-state index contributed by atoms with van der Waals surface area (Å²) in [5, 5.41) is 6.67. The predicted octanol–water partition coefficient (Wildman–Crippen LogP) is 2.79. The fraction of sp³-hybridized carbons (Fsp3) is 0.300. The van der Waals surface area contributed by atoms with Gasteiger partial charge in [-0.2, -0.15) is 0 Å². The van der Waals surface area contributed by atoms with Gasteiger partial charge in [0.25, 0.3) is 0 Å². The molecule has 3 rings (SSSR count). The molecule has 1 aliphatic rings. The van der Waals surface area contributed by atoms with Gasteiger partial charge < -0.3 is 20.3 Å². The van der Waals surface area contributed by atoms with Gasteiger partial charge in [-0.3, -0.25) is 9.69 Å². The summed E-state index contributed by atoms with van der Waals surface area (Å²) in [6, 6.07) is 13.4. The second-order valence-corrected chi connectivity index (χ2v) is 6.87. The number of carbonyl (C=O) groups excluding carboxylic acids is 1. The second-order valence-electron chi connectivity index (χ2n) is 6.48. The third-order valence-electron chi connectivity index (χ3n) is 4.48. The Labute approximate surface area is 169 Å². The number of piperazine rings is 1. The van der Waals surface area contributed by atoms with Gasteiger partial charge in [-0.15, -0.1) is 0 Å². The summed E-state index contributed by atoms with van der Waals surface area (Å²) >= 11 is 5.50. The van der Waals surface area contributed by atoms with Gasteiger partial charge in [-0.25, -0.2) is 4.39 Å². The average molecular weight is 402 g/mol. The SMILES string of the molecule is COc1cccc(NC(=S)N2CCN(CC(=O)Nc3ccc(F)cc3)CC2)c1. The first-order valence-corrected chi connectivity index (χ1v) is 9.42. The van der Waals surface area contributed by atoms with Gasteiger partial charge in [0.1, 0.15) is 11.6 Å². The number of ether oxygens (including phenoxy) is 1. The summed E-state index contributed by atoms with van der Waals surface area (Å²) in [5.74, 6) is 0.328. The molecular weight excluding hydrogens is 379 g/mol. The highest BCUT2D eigenvalue weighted by Crippen LogP contribution is 2.17. The Morgan fingerprint density at radius 3 is 2.46 bits per heavy atom. The minimum absolute atomic E-state index is 0.114. The van der Waals surface area contributed by atoms with E-state index in [1.807, 2.05) is 24.3 Å². The minimum atomic E-state index is -0.326. The molecule has 8 heteroatoms. The van der Waals surface area contributed by atoms with Crippen LogP contribution in [0.25, 0.3) is 0 Å². The number of carbonyl (C=O) groups is 1. The Kier molecular flexibility index (Phi) is 6.78. The van der Waals surface area contributed by atoms with Gasteiger partial charge in [0.05, 0.1) is 13.7 Å². The van der Waals surface area contributed by atoms with Crippen LogP contribution in [0.15, 0.2) is 48.5 Å². The molecule has 0 bridgehead atoms. The van der Waals surface area contributed by atoms with Crippen molar-refractivity contribution in [2.45, 2.75) is 0 Å². The number of hydrogen-bond acceptors (Lipinski definition) is 4. The Hall–Kier alpha value is -2.71. The smallest absolute Gasteiger partial charge is 0.238 e. The normalized spacial score (nSPS) is 14.4. The van der Waals surface area contributed by atoms with Crippen LogP contribution in [-0.4, -0.2) is 60.7 Å². The van der Waals surface area contributed by atoms with E-state index in [1.54, 1.807) is 19.2 Å². The number of rotatable bonds is 5. The van der Waals surface area contributed by atoms with Crippen molar-refractivity contribution < 1.29 is 13.9 Å². The van der Waals surface area contributed by atoms with Crippen molar-refractivity contribution >= 4 is 34.6 Å². The summed E-state index contributed by atoms with van der Waals surface area (Å²) < 4.78 is 18.1. The number of hydrogen-bond donors (Lipinski definition) is 2. The number of nitrogens with zero attached hydrogens (tertiary/aromatic N) is 2. The third kappa shape index (κ3) is 5.64. The topological polar surface area (TPSA) is 56.8 Å². The molecule has 0 aliphatic carbocycles. The maximum absolute atomic E-state index is 12.9. The standard InChI is InChI=1S/C20H23FN4O2S/c1-27-18-4-2-3-17(13-18)23-20(28)25-11-9-24(10-12-25)14-19(26)22-16-7-5-15(21)6-8-16/h2-8,13H,9-12,14H2,1H3,(H,22,26)(H,23,28). The summed E-state index contributed by atoms with van der Waals surface area (Å²) in [7, 11) is 1.63. The van der Waals surface area contributed by atoms with Crippen molar-refractivity contribution in [3.05, 3.63) is 54.3 Å². The first kappa shape index (κ1) is 20.0. The van der Waals surface area contributed by atoms with Crippen LogP contribution in [0.1, 0.15) is 0 Å². The van der Waals surface area contributed by atoms with Crippen LogP contribution in [0.2, 0.25) is 0 Å². The van der Waals surface area contributed by atoms with Crippen molar-refractivity contribution in [1.29, 1.82) is 0 Å². The van der Waals surface area contributed by atoms with Crippen LogP contribution in [0.3, 0.4) is 0 Å². The van der Waals surface area contributed by atoms with Crippen LogP contribution in [0, 0.1) is 5.82 Å². The molecule has 0 aromatic heterocycles. The number of methoxy groups -OCH3 is 1. The number of benzene rings is 2. The maximum atomic E-state index is 12.9. The van der Waals surface area contributed by atoms with Gasteiger partial charge in [-0.1, -0.05) is 6.07 Å². The van der Waals surface area contributed by atoms with Crippen molar-refractivity contribution in [2.24, 2.45) is 0 Å². The molecular formula is C20H23FN4O2S. The number of anilines is 2. The van der Waals surface area contributed by atoms with E-state index in [1.165, 1.54) is 12.1 Å². The highest BCUT2D eigenvalue weighted by Gasteiger charge is 2.20. The Bertz CT molecular complexity index is 823. The Balaban J connectivity index is 1.43. The molecule has 1 amide bonds. The van der Waals surface area contributed by atoms with E-state index in [2.05, 4.69) is 20.4 Å². The number of halogens is 1. The van der Waals surface area contributed by atoms with E-state index in [-0.39, 0.29) is 11.7 Å². The van der Waals surface area contributed by atoms with Crippen LogP contribution < -0.4 is 15.4 Å². The van der Waals surface area contributed by atoms with E-state index >= 15 is 0 Å². The van der Waals surface area contributed by atoms with E-state index in [4.69, 9.17) is 17.0 Å². The lowest BCUT2D eigenvalue weighted by molar-refractivity contribution is -0.117. The molecule has 28 heavy (non-hydrogen) atoms. The molecule has 1 aliphatic heterocycles. The fourth-order valence-corrected chi connectivity index (χ4v) is 3.25. The van der Waals surface area contributed by atoms with E-state index in [9.17, 15) is 9.18 Å². The van der Waals surface area contributed by atoms with Crippen molar-refractivity contribution in [3.8, 4) is 5.75 Å². The first-order valence-electron chi connectivity index (χ1n) is 9.01. The molecule has 6 nitrogen and oxygen atoms in total.